The first kappa shape index (κ1) is 54.8. The molecule has 67 heavy (non-hydrogen) atoms. The molecular weight excluding hydrogens is 886 g/mol. The zero-order chi connectivity index (χ0) is 47.4. The third-order valence-electron chi connectivity index (χ3n) is 11.8. The maximum absolute atomic E-state index is 14.2. The minimum atomic E-state index is -0.684. The van der Waals surface area contributed by atoms with Gasteiger partial charge in [0, 0.05) is 58.9 Å². The van der Waals surface area contributed by atoms with Crippen molar-refractivity contribution >= 4 is 29.7 Å². The molecule has 2 saturated heterocycles. The van der Waals surface area contributed by atoms with Gasteiger partial charge in [0.2, 0.25) is 29.7 Å². The summed E-state index contributed by atoms with van der Waals surface area (Å²) < 4.78 is 19.8. The van der Waals surface area contributed by atoms with Crippen LogP contribution in [0.1, 0.15) is 95.4 Å². The van der Waals surface area contributed by atoms with Crippen molar-refractivity contribution in [2.24, 2.45) is 29.0 Å². The van der Waals surface area contributed by atoms with Crippen LogP contribution in [0.2, 0.25) is 0 Å². The lowest BCUT2D eigenvalue weighted by Crippen LogP contribution is -3.00. The second kappa shape index (κ2) is 28.5. The highest BCUT2D eigenvalue weighted by Crippen LogP contribution is 2.27. The Hall–Kier alpha value is -4.80. The smallest absolute Gasteiger partial charge is 0.247 e. The maximum Gasteiger partial charge on any atom is 0.247 e. The number of aliphatic hydroxyl groups is 1. The number of terminal acetylenes is 1. The van der Waals surface area contributed by atoms with Crippen LogP contribution in [-0.2, 0) is 23.8 Å². The van der Waals surface area contributed by atoms with Crippen molar-refractivity contribution in [3.05, 3.63) is 23.8 Å². The molecule has 23 nitrogen and oxygen atoms in total. The van der Waals surface area contributed by atoms with Crippen LogP contribution in [0, 0.1) is 24.2 Å². The van der Waals surface area contributed by atoms with Gasteiger partial charge < -0.3 is 73.8 Å². The van der Waals surface area contributed by atoms with E-state index in [1.165, 1.54) is 0 Å². The van der Waals surface area contributed by atoms with Gasteiger partial charge >= 0.3 is 0 Å². The van der Waals surface area contributed by atoms with Crippen molar-refractivity contribution in [2.45, 2.75) is 84.0 Å². The average molecular weight is 960 g/mol. The van der Waals surface area contributed by atoms with Crippen molar-refractivity contribution in [2.75, 3.05) is 127 Å². The molecule has 2 aliphatic heterocycles. The van der Waals surface area contributed by atoms with Crippen molar-refractivity contribution < 1.29 is 41.3 Å². The Balaban J connectivity index is 0.00000980. The Morgan fingerprint density at radius 1 is 0.791 bits per heavy atom. The summed E-state index contributed by atoms with van der Waals surface area (Å²) in [5, 5.41) is 30.0. The van der Waals surface area contributed by atoms with Crippen molar-refractivity contribution in [1.29, 1.82) is 0 Å². The summed E-state index contributed by atoms with van der Waals surface area (Å²) >= 11 is 0. The summed E-state index contributed by atoms with van der Waals surface area (Å²) in [6.45, 7) is 15.0. The molecule has 3 aromatic heterocycles. The number of halogens is 1. The molecule has 8 N–H and O–H groups in total. The first-order chi connectivity index (χ1) is 32.0. The molecule has 374 valence electrons. The second-order valence-corrected chi connectivity index (χ2v) is 17.2. The van der Waals surface area contributed by atoms with E-state index in [4.69, 9.17) is 52.8 Å². The lowest BCUT2D eigenvalue weighted by Gasteiger charge is -2.38. The molecule has 0 radical (unpaired) electrons. The van der Waals surface area contributed by atoms with Crippen LogP contribution < -0.4 is 44.7 Å². The molecule has 0 spiro atoms. The zero-order valence-corrected chi connectivity index (χ0v) is 40.4. The third kappa shape index (κ3) is 16.2. The molecule has 0 saturated carbocycles. The number of nitrogens with zero attached hydrogens (tertiary/aromatic N) is 13. The van der Waals surface area contributed by atoms with Gasteiger partial charge in [0.25, 0.3) is 0 Å². The fraction of sp³-hybridized carbons (Fsp3) is 0.744. The molecule has 0 unspecified atom stereocenters. The normalized spacial score (nSPS) is 16.6. The molecule has 0 aromatic carbocycles. The molecule has 24 heteroatoms. The number of anilines is 3. The van der Waals surface area contributed by atoms with Crippen LogP contribution in [-0.4, -0.2) is 183 Å². The molecule has 0 aliphatic carbocycles. The van der Waals surface area contributed by atoms with E-state index in [-0.39, 0.29) is 49.4 Å². The standard InChI is InChI=1S/C43H73N17O6.ClH/c1-6-21-64-23-25-66-26-24-65-22-12-47-41-48-42(57-17-13-55(14-18-57)39(62)37(10-8-9-11-44)59-28-35(51-53-59)33(45)27-31(3)4)50-43(49-41)58-19-15-56(16-20-58)40(63)38(32(5)7-2)60-29-36(52-54-60)34(46)30-61;/h1,28-29,31-34,37-38,61H,7-27,30,44-46H2,2-5H3,(H,47,48,49,50);1H/p-1/t32-,33-,34-,37-,38-;/m0./s1. The number of rotatable bonds is 28. The highest BCUT2D eigenvalue weighted by molar-refractivity contribution is 5.81. The summed E-state index contributed by atoms with van der Waals surface area (Å²) in [4.78, 5) is 50.8. The quantitative estimate of drug-likeness (QED) is 0.0362. The number of hydrogen-bond donors (Lipinski definition) is 5. The number of ether oxygens (including phenoxy) is 3. The number of carbonyl (C=O) groups excluding carboxylic acids is 2. The summed E-state index contributed by atoms with van der Waals surface area (Å²) in [5.41, 5.74) is 19.4. The number of hydrogen-bond acceptors (Lipinski definition) is 19. The fourth-order valence-electron chi connectivity index (χ4n) is 7.80. The van der Waals surface area contributed by atoms with Gasteiger partial charge in [-0.25, -0.2) is 9.36 Å². The number of nitrogens with one attached hydrogen (secondary N) is 1. The van der Waals surface area contributed by atoms with Gasteiger partial charge in [-0.3, -0.25) is 9.59 Å². The summed E-state index contributed by atoms with van der Waals surface area (Å²) in [5.74, 6) is 4.04. The predicted octanol–water partition coefficient (Wildman–Crippen LogP) is -2.85. The van der Waals surface area contributed by atoms with Crippen LogP contribution in [0.25, 0.3) is 0 Å². The minimum absolute atomic E-state index is 0. The van der Waals surface area contributed by atoms with E-state index in [0.29, 0.717) is 140 Å². The average Bonchev–Trinajstić information content (AvgIpc) is 4.03. The Kier molecular flexibility index (Phi) is 23.3. The van der Waals surface area contributed by atoms with Gasteiger partial charge in [-0.05, 0) is 44.1 Å². The fourth-order valence-corrected chi connectivity index (χ4v) is 7.80. The largest absolute Gasteiger partial charge is 1.00 e. The van der Waals surface area contributed by atoms with E-state index in [0.717, 1.165) is 25.7 Å². The monoisotopic (exact) mass is 959 g/mol. The van der Waals surface area contributed by atoms with Crippen molar-refractivity contribution in [3.8, 4) is 12.3 Å². The second-order valence-electron chi connectivity index (χ2n) is 17.2. The first-order valence-corrected chi connectivity index (χ1v) is 23.4. The molecule has 2 fully saturated rings. The van der Waals surface area contributed by atoms with Crippen LogP contribution in [0.4, 0.5) is 17.8 Å². The van der Waals surface area contributed by atoms with Crippen LogP contribution in [0.5, 0.6) is 0 Å². The number of amides is 2. The number of aliphatic hydroxyl groups excluding tert-OH is 1. The lowest BCUT2D eigenvalue weighted by molar-refractivity contribution is -0.137. The molecule has 2 aliphatic rings. The number of piperazine rings is 2. The van der Waals surface area contributed by atoms with E-state index >= 15 is 0 Å². The van der Waals surface area contributed by atoms with Crippen LogP contribution >= 0.6 is 0 Å². The van der Waals surface area contributed by atoms with Crippen molar-refractivity contribution in [3.63, 3.8) is 0 Å². The number of nitrogens with two attached hydrogens (primary N) is 3. The van der Waals surface area contributed by atoms with E-state index in [2.05, 4.69) is 55.5 Å². The van der Waals surface area contributed by atoms with E-state index < -0.39 is 18.1 Å². The van der Waals surface area contributed by atoms with Gasteiger partial charge in [0.15, 0.2) is 0 Å². The lowest BCUT2D eigenvalue weighted by atomic mass is 9.97. The highest BCUT2D eigenvalue weighted by atomic mass is 35.5. The molecule has 5 rings (SSSR count). The number of aromatic nitrogens is 9. The first-order valence-electron chi connectivity index (χ1n) is 23.4. The molecule has 5 atom stereocenters. The zero-order valence-electron chi connectivity index (χ0n) is 39.7. The van der Waals surface area contributed by atoms with Gasteiger partial charge in [-0.15, -0.1) is 16.6 Å². The van der Waals surface area contributed by atoms with Crippen molar-refractivity contribution in [1.82, 2.24) is 54.7 Å². The Labute approximate surface area is 400 Å². The predicted molar refractivity (Wildman–Crippen MR) is 248 cm³/mol. The van der Waals surface area contributed by atoms with Gasteiger partial charge in [0.1, 0.15) is 24.4 Å². The van der Waals surface area contributed by atoms with Gasteiger partial charge in [-0.2, -0.15) is 15.0 Å². The third-order valence-corrected chi connectivity index (χ3v) is 11.8. The van der Waals surface area contributed by atoms with E-state index in [1.807, 2.05) is 29.8 Å². The topological polar surface area (TPSA) is 285 Å². The van der Waals surface area contributed by atoms with E-state index in [9.17, 15) is 14.7 Å². The molecule has 0 bridgehead atoms. The molecule has 5 heterocycles. The van der Waals surface area contributed by atoms with Gasteiger partial charge in [-0.1, -0.05) is 50.5 Å². The highest BCUT2D eigenvalue weighted by Gasteiger charge is 2.35. The SMILES string of the molecule is C#CCOCCOCCOCCNc1nc(N2CCN(C(=O)[C@H]([C@@H](C)CC)n3cc([C@@H](N)CO)nn3)CC2)nc(N2CCN(C(=O)[C@H](CCCCN)n3cc([C@@H](N)CC(C)C)nn3)CC2)n1.[Cl-]. The molecule has 2 amide bonds. The van der Waals surface area contributed by atoms with Gasteiger partial charge in [0.05, 0.1) is 69.8 Å². The molecular formula is C43H73ClN17O6-. The Morgan fingerprint density at radius 3 is 1.91 bits per heavy atom. The van der Waals surface area contributed by atoms with Crippen LogP contribution in [0.15, 0.2) is 12.4 Å². The summed E-state index contributed by atoms with van der Waals surface area (Å²) in [6.07, 6.45) is 12.3. The van der Waals surface area contributed by atoms with E-state index in [1.54, 1.807) is 15.6 Å². The van der Waals surface area contributed by atoms with Crippen LogP contribution in [0.3, 0.4) is 0 Å². The Bertz CT molecular complexity index is 1950. The summed E-state index contributed by atoms with van der Waals surface area (Å²) in [7, 11) is 0. The summed E-state index contributed by atoms with van der Waals surface area (Å²) in [6, 6.07) is -2.05. The Morgan fingerprint density at radius 2 is 1.34 bits per heavy atom. The minimum Gasteiger partial charge on any atom is -1.00 e. The maximum atomic E-state index is 14.2. The number of unbranched alkanes of at least 4 members (excludes halogenated alkanes) is 1. The number of carbonyl (C=O) groups is 2. The molecule has 3 aromatic rings.